The number of non-ortho nitro benzene ring substituents is 1. The van der Waals surface area contributed by atoms with E-state index in [-0.39, 0.29) is 23.6 Å². The number of carbonyl (C=O) groups excluding carboxylic acids is 3. The van der Waals surface area contributed by atoms with Gasteiger partial charge in [0.1, 0.15) is 17.9 Å². The number of rotatable bonds is 6. The zero-order valence-corrected chi connectivity index (χ0v) is 18.2. The number of barbiturate groups is 1. The lowest BCUT2D eigenvalue weighted by atomic mass is 10.1. The van der Waals surface area contributed by atoms with E-state index in [9.17, 15) is 24.5 Å². The molecule has 0 bridgehead atoms. The molecular weight excluding hydrogens is 462 g/mol. The third-order valence-electron chi connectivity index (χ3n) is 4.90. The highest BCUT2D eigenvalue weighted by Gasteiger charge is 2.36. The van der Waals surface area contributed by atoms with E-state index in [1.165, 1.54) is 24.3 Å². The average Bonchev–Trinajstić information content (AvgIpc) is 2.82. The SMILES string of the molecule is O=C1NC(=O)N(c2ccccc2)C(=O)/C1=C/c1cc(Cl)ccc1OCc1cccc([N+](=O)[O-])c1. The molecule has 170 valence electrons. The number of ether oxygens (including phenoxy) is 1. The molecule has 10 heteroatoms. The van der Waals surface area contributed by atoms with Gasteiger partial charge in [0.15, 0.2) is 0 Å². The van der Waals surface area contributed by atoms with Crippen molar-refractivity contribution in [3.63, 3.8) is 0 Å². The van der Waals surface area contributed by atoms with Crippen molar-refractivity contribution in [1.82, 2.24) is 5.32 Å². The summed E-state index contributed by atoms with van der Waals surface area (Å²) in [6.45, 7) is -0.00570. The van der Waals surface area contributed by atoms with Crippen LogP contribution in [0.25, 0.3) is 6.08 Å². The molecule has 4 rings (SSSR count). The minimum atomic E-state index is -0.855. The second-order valence-electron chi connectivity index (χ2n) is 7.19. The van der Waals surface area contributed by atoms with Gasteiger partial charge in [-0.05, 0) is 42.0 Å². The molecule has 0 aromatic heterocycles. The van der Waals surface area contributed by atoms with Crippen LogP contribution >= 0.6 is 11.6 Å². The lowest BCUT2D eigenvalue weighted by Crippen LogP contribution is -2.54. The predicted octanol–water partition coefficient (Wildman–Crippen LogP) is 4.49. The van der Waals surface area contributed by atoms with E-state index in [1.807, 2.05) is 0 Å². The van der Waals surface area contributed by atoms with Gasteiger partial charge >= 0.3 is 6.03 Å². The number of nitrogens with one attached hydrogen (secondary N) is 1. The number of benzene rings is 3. The number of imide groups is 2. The summed E-state index contributed by atoms with van der Waals surface area (Å²) in [4.78, 5) is 49.2. The van der Waals surface area contributed by atoms with Gasteiger partial charge in [0.2, 0.25) is 0 Å². The minimum Gasteiger partial charge on any atom is -0.488 e. The van der Waals surface area contributed by atoms with Crippen molar-refractivity contribution >= 4 is 46.9 Å². The standard InChI is InChI=1S/C24H16ClN3O6/c25-17-9-10-21(34-14-15-5-4-8-19(11-15)28(32)33)16(12-17)13-20-22(29)26-24(31)27(23(20)30)18-6-2-1-3-7-18/h1-13H,14H2,(H,26,29,31)/b20-13+. The van der Waals surface area contributed by atoms with Gasteiger partial charge < -0.3 is 4.74 Å². The predicted molar refractivity (Wildman–Crippen MR) is 124 cm³/mol. The van der Waals surface area contributed by atoms with Crippen molar-refractivity contribution in [2.24, 2.45) is 0 Å². The number of nitro benzene ring substituents is 1. The van der Waals surface area contributed by atoms with Crippen LogP contribution in [0.15, 0.2) is 78.4 Å². The van der Waals surface area contributed by atoms with Crippen LogP contribution in [0.1, 0.15) is 11.1 Å². The summed E-state index contributed by atoms with van der Waals surface area (Å²) in [5, 5.41) is 13.5. The molecule has 0 aliphatic carbocycles. The Labute approximate surface area is 198 Å². The van der Waals surface area contributed by atoms with Crippen molar-refractivity contribution in [1.29, 1.82) is 0 Å². The zero-order valence-electron chi connectivity index (χ0n) is 17.4. The normalized spacial score (nSPS) is 14.8. The third kappa shape index (κ3) is 4.79. The number of carbonyl (C=O) groups is 3. The Morgan fingerprint density at radius 3 is 2.50 bits per heavy atom. The molecule has 0 spiro atoms. The Morgan fingerprint density at radius 1 is 1.00 bits per heavy atom. The summed E-state index contributed by atoms with van der Waals surface area (Å²) in [7, 11) is 0. The number of amides is 4. The van der Waals surface area contributed by atoms with Gasteiger partial charge in [-0.1, -0.05) is 41.9 Å². The van der Waals surface area contributed by atoms with Crippen LogP contribution in [-0.2, 0) is 16.2 Å². The molecule has 0 saturated carbocycles. The molecule has 3 aromatic rings. The highest BCUT2D eigenvalue weighted by Crippen LogP contribution is 2.28. The molecule has 1 aliphatic heterocycles. The number of halogens is 1. The Morgan fingerprint density at radius 2 is 1.76 bits per heavy atom. The van der Waals surface area contributed by atoms with Crippen molar-refractivity contribution < 1.29 is 24.0 Å². The molecule has 3 aromatic carbocycles. The van der Waals surface area contributed by atoms with Gasteiger partial charge in [-0.2, -0.15) is 0 Å². The number of nitrogens with zero attached hydrogens (tertiary/aromatic N) is 2. The Bertz CT molecular complexity index is 1340. The van der Waals surface area contributed by atoms with E-state index in [0.29, 0.717) is 21.8 Å². The smallest absolute Gasteiger partial charge is 0.335 e. The molecule has 9 nitrogen and oxygen atoms in total. The number of urea groups is 1. The highest BCUT2D eigenvalue weighted by atomic mass is 35.5. The van der Waals surface area contributed by atoms with Crippen LogP contribution in [0.4, 0.5) is 16.2 Å². The van der Waals surface area contributed by atoms with Crippen LogP contribution in [0.5, 0.6) is 5.75 Å². The summed E-state index contributed by atoms with van der Waals surface area (Å²) in [6.07, 6.45) is 1.29. The number of hydrogen-bond acceptors (Lipinski definition) is 6. The summed E-state index contributed by atoms with van der Waals surface area (Å²) < 4.78 is 5.81. The summed E-state index contributed by atoms with van der Waals surface area (Å²) >= 11 is 6.12. The molecule has 1 aliphatic rings. The maximum atomic E-state index is 13.1. The second kappa shape index (κ2) is 9.55. The Balaban J connectivity index is 1.65. The Hall–Kier alpha value is -4.50. The summed E-state index contributed by atoms with van der Waals surface area (Å²) in [5.41, 5.74) is 0.811. The zero-order chi connectivity index (χ0) is 24.2. The fourth-order valence-electron chi connectivity index (χ4n) is 3.31. The molecule has 4 amide bonds. The van der Waals surface area contributed by atoms with Gasteiger partial charge in [0, 0.05) is 22.7 Å². The first kappa shape index (κ1) is 22.7. The first-order chi connectivity index (χ1) is 16.3. The fourth-order valence-corrected chi connectivity index (χ4v) is 3.49. The largest absolute Gasteiger partial charge is 0.488 e. The molecule has 0 atom stereocenters. The van der Waals surface area contributed by atoms with Gasteiger partial charge in [0.25, 0.3) is 17.5 Å². The van der Waals surface area contributed by atoms with Gasteiger partial charge in [0.05, 0.1) is 10.6 Å². The number of nitro groups is 1. The summed E-state index contributed by atoms with van der Waals surface area (Å²) in [6, 6.07) is 17.9. The summed E-state index contributed by atoms with van der Waals surface area (Å²) in [5.74, 6) is -1.37. The molecule has 1 N–H and O–H groups in total. The van der Waals surface area contributed by atoms with Gasteiger partial charge in [-0.3, -0.25) is 25.0 Å². The molecule has 0 radical (unpaired) electrons. The number of anilines is 1. The maximum absolute atomic E-state index is 13.1. The third-order valence-corrected chi connectivity index (χ3v) is 5.14. The van der Waals surface area contributed by atoms with Crippen LogP contribution < -0.4 is 15.0 Å². The van der Waals surface area contributed by atoms with Crippen LogP contribution in [-0.4, -0.2) is 22.8 Å². The Kier molecular flexibility index (Phi) is 6.37. The molecule has 34 heavy (non-hydrogen) atoms. The van der Waals surface area contributed by atoms with Crippen molar-refractivity contribution in [2.75, 3.05) is 4.90 Å². The number of para-hydroxylation sites is 1. The lowest BCUT2D eigenvalue weighted by molar-refractivity contribution is -0.384. The van der Waals surface area contributed by atoms with Crippen LogP contribution in [0.3, 0.4) is 0 Å². The van der Waals surface area contributed by atoms with E-state index < -0.39 is 22.8 Å². The van der Waals surface area contributed by atoms with Gasteiger partial charge in [-0.15, -0.1) is 0 Å². The molecule has 1 heterocycles. The van der Waals surface area contributed by atoms with Crippen LogP contribution in [0, 0.1) is 10.1 Å². The van der Waals surface area contributed by atoms with E-state index >= 15 is 0 Å². The van der Waals surface area contributed by atoms with Gasteiger partial charge in [-0.25, -0.2) is 9.69 Å². The van der Waals surface area contributed by atoms with Crippen molar-refractivity contribution in [3.05, 3.63) is 105 Å². The molecule has 1 saturated heterocycles. The average molecular weight is 478 g/mol. The topological polar surface area (TPSA) is 119 Å². The maximum Gasteiger partial charge on any atom is 0.335 e. The van der Waals surface area contributed by atoms with E-state index in [2.05, 4.69) is 5.32 Å². The number of hydrogen-bond donors (Lipinski definition) is 1. The van der Waals surface area contributed by atoms with E-state index in [1.54, 1.807) is 54.6 Å². The van der Waals surface area contributed by atoms with Crippen LogP contribution in [0.2, 0.25) is 5.02 Å². The molecule has 0 unspecified atom stereocenters. The highest BCUT2D eigenvalue weighted by molar-refractivity contribution is 6.39. The van der Waals surface area contributed by atoms with E-state index in [0.717, 1.165) is 4.90 Å². The van der Waals surface area contributed by atoms with Crippen molar-refractivity contribution in [3.8, 4) is 5.75 Å². The second-order valence-corrected chi connectivity index (χ2v) is 7.63. The monoisotopic (exact) mass is 477 g/mol. The first-order valence-electron chi connectivity index (χ1n) is 9.95. The minimum absolute atomic E-state index is 0.00570. The lowest BCUT2D eigenvalue weighted by Gasteiger charge is -2.26. The first-order valence-corrected chi connectivity index (χ1v) is 10.3. The fraction of sp³-hybridized carbons (Fsp3) is 0.0417. The molecular formula is C24H16ClN3O6. The molecule has 1 fully saturated rings. The quantitative estimate of drug-likeness (QED) is 0.242. The van der Waals surface area contributed by atoms with Crippen molar-refractivity contribution in [2.45, 2.75) is 6.61 Å². The van der Waals surface area contributed by atoms with E-state index in [4.69, 9.17) is 16.3 Å².